The second-order valence-corrected chi connectivity index (χ2v) is 5.70. The molecule has 0 bridgehead atoms. The summed E-state index contributed by atoms with van der Waals surface area (Å²) in [5.41, 5.74) is 10.0. The topological polar surface area (TPSA) is 38.0 Å². The van der Waals surface area contributed by atoms with Crippen molar-refractivity contribution in [3.8, 4) is 0 Å². The number of hydrogen-bond donors (Lipinski definition) is 2. The highest BCUT2D eigenvalue weighted by atomic mass is 79.9. The van der Waals surface area contributed by atoms with E-state index in [0.29, 0.717) is 4.99 Å². The van der Waals surface area contributed by atoms with Crippen molar-refractivity contribution >= 4 is 38.8 Å². The van der Waals surface area contributed by atoms with E-state index in [9.17, 15) is 0 Å². The molecule has 3 N–H and O–H groups in total. The molecule has 0 saturated heterocycles. The number of rotatable bonds is 4. The number of benzene rings is 2. The molecule has 2 aromatic rings. The van der Waals surface area contributed by atoms with Gasteiger partial charge in [0, 0.05) is 22.3 Å². The van der Waals surface area contributed by atoms with Crippen LogP contribution in [-0.4, -0.2) is 4.99 Å². The average molecular weight is 335 g/mol. The van der Waals surface area contributed by atoms with E-state index in [0.717, 1.165) is 22.3 Å². The Balaban J connectivity index is 2.10. The van der Waals surface area contributed by atoms with Crippen molar-refractivity contribution in [2.45, 2.75) is 13.5 Å². The van der Waals surface area contributed by atoms with Crippen LogP contribution in [0.1, 0.15) is 16.7 Å². The van der Waals surface area contributed by atoms with Gasteiger partial charge in [0.1, 0.15) is 4.99 Å². The van der Waals surface area contributed by atoms with Gasteiger partial charge in [0.25, 0.3) is 0 Å². The van der Waals surface area contributed by atoms with Gasteiger partial charge >= 0.3 is 0 Å². The zero-order chi connectivity index (χ0) is 13.8. The van der Waals surface area contributed by atoms with Gasteiger partial charge in [0.05, 0.1) is 0 Å². The van der Waals surface area contributed by atoms with Crippen LogP contribution in [0.25, 0.3) is 0 Å². The van der Waals surface area contributed by atoms with Gasteiger partial charge in [0.2, 0.25) is 0 Å². The molecule has 0 aliphatic heterocycles. The Labute approximate surface area is 127 Å². The molecule has 2 aromatic carbocycles. The van der Waals surface area contributed by atoms with Crippen LogP contribution in [0.5, 0.6) is 0 Å². The Hall–Kier alpha value is -1.39. The molecule has 0 aromatic heterocycles. The third-order valence-electron chi connectivity index (χ3n) is 2.82. The van der Waals surface area contributed by atoms with Gasteiger partial charge < -0.3 is 11.1 Å². The molecule has 0 fully saturated rings. The fourth-order valence-electron chi connectivity index (χ4n) is 1.83. The molecule has 0 radical (unpaired) electrons. The van der Waals surface area contributed by atoms with E-state index in [1.54, 1.807) is 0 Å². The Morgan fingerprint density at radius 3 is 2.68 bits per heavy atom. The first-order chi connectivity index (χ1) is 9.06. The molecule has 0 atom stereocenters. The summed E-state index contributed by atoms with van der Waals surface area (Å²) in [7, 11) is 0. The van der Waals surface area contributed by atoms with Crippen molar-refractivity contribution in [1.82, 2.24) is 0 Å². The smallest absolute Gasteiger partial charge is 0.104 e. The molecule has 0 amide bonds. The molecule has 0 spiro atoms. The second-order valence-electron chi connectivity index (χ2n) is 4.40. The summed E-state index contributed by atoms with van der Waals surface area (Å²) >= 11 is 8.48. The van der Waals surface area contributed by atoms with Gasteiger partial charge in [-0.3, -0.25) is 0 Å². The number of hydrogen-bond acceptors (Lipinski definition) is 2. The maximum Gasteiger partial charge on any atom is 0.104 e. The number of halogens is 1. The summed E-state index contributed by atoms with van der Waals surface area (Å²) in [4.78, 5) is 0.408. The molecule has 98 valence electrons. The van der Waals surface area contributed by atoms with E-state index in [1.807, 2.05) is 18.2 Å². The summed E-state index contributed by atoms with van der Waals surface area (Å²) < 4.78 is 0.963. The van der Waals surface area contributed by atoms with Crippen molar-refractivity contribution in [2.75, 3.05) is 5.32 Å². The Bertz CT molecular complexity index is 611. The summed E-state index contributed by atoms with van der Waals surface area (Å²) in [6.45, 7) is 2.88. The average Bonchev–Trinajstić information content (AvgIpc) is 2.37. The lowest BCUT2D eigenvalue weighted by atomic mass is 10.1. The van der Waals surface area contributed by atoms with Gasteiger partial charge in [-0.1, -0.05) is 42.0 Å². The summed E-state index contributed by atoms with van der Waals surface area (Å²) in [5.74, 6) is 0. The maximum absolute atomic E-state index is 5.60. The maximum atomic E-state index is 5.60. The van der Waals surface area contributed by atoms with Crippen LogP contribution < -0.4 is 11.1 Å². The molecule has 2 nitrogen and oxygen atoms in total. The van der Waals surface area contributed by atoms with Crippen molar-refractivity contribution in [2.24, 2.45) is 5.73 Å². The highest BCUT2D eigenvalue weighted by Crippen LogP contribution is 2.24. The molecule has 0 saturated carbocycles. The van der Waals surface area contributed by atoms with E-state index in [1.165, 1.54) is 11.1 Å². The van der Waals surface area contributed by atoms with Gasteiger partial charge in [-0.2, -0.15) is 0 Å². The highest BCUT2D eigenvalue weighted by Gasteiger charge is 2.03. The molecular weight excluding hydrogens is 320 g/mol. The van der Waals surface area contributed by atoms with Crippen LogP contribution in [0.2, 0.25) is 0 Å². The highest BCUT2D eigenvalue weighted by molar-refractivity contribution is 9.10. The monoisotopic (exact) mass is 334 g/mol. The van der Waals surface area contributed by atoms with E-state index in [-0.39, 0.29) is 0 Å². The Kier molecular flexibility index (Phi) is 4.56. The normalized spacial score (nSPS) is 10.2. The Morgan fingerprint density at radius 2 is 2.05 bits per heavy atom. The van der Waals surface area contributed by atoms with Crippen molar-refractivity contribution in [3.05, 3.63) is 63.6 Å². The number of anilines is 1. The standard InChI is InChI=1S/C15H15BrN2S/c1-10-3-2-4-11(7-10)9-18-14-6-5-12(15(17)19)8-13(14)16/h2-8,18H,9H2,1H3,(H2,17,19). The minimum Gasteiger partial charge on any atom is -0.389 e. The van der Waals surface area contributed by atoms with Crippen LogP contribution in [0, 0.1) is 6.92 Å². The largest absolute Gasteiger partial charge is 0.389 e. The van der Waals surface area contributed by atoms with Crippen LogP contribution in [-0.2, 0) is 6.54 Å². The molecule has 4 heteroatoms. The van der Waals surface area contributed by atoms with Gasteiger partial charge in [0.15, 0.2) is 0 Å². The third-order valence-corrected chi connectivity index (χ3v) is 3.71. The van der Waals surface area contributed by atoms with E-state index < -0.39 is 0 Å². The lowest BCUT2D eigenvalue weighted by Crippen LogP contribution is -2.09. The van der Waals surface area contributed by atoms with E-state index >= 15 is 0 Å². The predicted octanol–water partition coefficient (Wildman–Crippen LogP) is 4.00. The first kappa shape index (κ1) is 14.0. The fourth-order valence-corrected chi connectivity index (χ4v) is 2.48. The quantitative estimate of drug-likeness (QED) is 0.830. The molecule has 0 heterocycles. The third kappa shape index (κ3) is 3.78. The molecule has 0 unspecified atom stereocenters. The molecule has 0 aliphatic carbocycles. The van der Waals surface area contributed by atoms with Crippen LogP contribution in [0.4, 0.5) is 5.69 Å². The summed E-state index contributed by atoms with van der Waals surface area (Å²) in [6.07, 6.45) is 0. The van der Waals surface area contributed by atoms with Gasteiger partial charge in [-0.05, 0) is 46.6 Å². The van der Waals surface area contributed by atoms with Gasteiger partial charge in [-0.15, -0.1) is 0 Å². The minimum atomic E-state index is 0.408. The molecule has 2 rings (SSSR count). The molecule has 19 heavy (non-hydrogen) atoms. The lowest BCUT2D eigenvalue weighted by Gasteiger charge is -2.10. The fraction of sp³-hybridized carbons (Fsp3) is 0.133. The van der Waals surface area contributed by atoms with Crippen molar-refractivity contribution in [3.63, 3.8) is 0 Å². The second kappa shape index (κ2) is 6.17. The Morgan fingerprint density at radius 1 is 1.26 bits per heavy atom. The number of nitrogens with one attached hydrogen (secondary N) is 1. The van der Waals surface area contributed by atoms with E-state index in [2.05, 4.69) is 52.4 Å². The summed E-state index contributed by atoms with van der Waals surface area (Å²) in [6, 6.07) is 14.3. The van der Waals surface area contributed by atoms with Crippen LogP contribution in [0.15, 0.2) is 46.9 Å². The molecule has 0 aliphatic rings. The zero-order valence-corrected chi connectivity index (χ0v) is 13.0. The molecular formula is C15H15BrN2S. The first-order valence-corrected chi connectivity index (χ1v) is 7.15. The first-order valence-electron chi connectivity index (χ1n) is 5.95. The van der Waals surface area contributed by atoms with Crippen LogP contribution >= 0.6 is 28.1 Å². The number of aryl methyl sites for hydroxylation is 1. The van der Waals surface area contributed by atoms with Crippen LogP contribution in [0.3, 0.4) is 0 Å². The number of thiocarbonyl (C=S) groups is 1. The lowest BCUT2D eigenvalue weighted by molar-refractivity contribution is 1.14. The predicted molar refractivity (Wildman–Crippen MR) is 88.5 cm³/mol. The number of nitrogens with two attached hydrogens (primary N) is 1. The van der Waals surface area contributed by atoms with Crippen molar-refractivity contribution < 1.29 is 0 Å². The van der Waals surface area contributed by atoms with E-state index in [4.69, 9.17) is 18.0 Å². The van der Waals surface area contributed by atoms with Crippen molar-refractivity contribution in [1.29, 1.82) is 0 Å². The van der Waals surface area contributed by atoms with Gasteiger partial charge in [-0.25, -0.2) is 0 Å². The summed E-state index contributed by atoms with van der Waals surface area (Å²) in [5, 5.41) is 3.39. The zero-order valence-electron chi connectivity index (χ0n) is 10.6. The SMILES string of the molecule is Cc1cccc(CNc2ccc(C(N)=S)cc2Br)c1. The minimum absolute atomic E-state index is 0.408.